The van der Waals surface area contributed by atoms with Gasteiger partial charge in [-0.1, -0.05) is 25.7 Å². The van der Waals surface area contributed by atoms with Crippen molar-refractivity contribution in [1.82, 2.24) is 9.80 Å². The zero-order valence-corrected chi connectivity index (χ0v) is 15.1. The fraction of sp³-hybridized carbons (Fsp3) is 0.842. The lowest BCUT2D eigenvalue weighted by Gasteiger charge is -2.40. The molecule has 0 unspecified atom stereocenters. The molecule has 0 aromatic heterocycles. The van der Waals surface area contributed by atoms with Crippen molar-refractivity contribution in [3.8, 4) is 0 Å². The van der Waals surface area contributed by atoms with Gasteiger partial charge < -0.3 is 15.5 Å². The molecule has 3 rings (SSSR count). The highest BCUT2D eigenvalue weighted by Crippen LogP contribution is 2.29. The van der Waals surface area contributed by atoms with Crippen molar-refractivity contribution in [2.45, 2.75) is 70.3 Å². The molecule has 1 aliphatic carbocycles. The number of likely N-dealkylation sites (tertiary alicyclic amines) is 2. The average molecular weight is 349 g/mol. The van der Waals surface area contributed by atoms with Gasteiger partial charge in [0, 0.05) is 38.0 Å². The summed E-state index contributed by atoms with van der Waals surface area (Å²) in [5.41, 5.74) is 5.37. The lowest BCUT2D eigenvalue weighted by molar-refractivity contribution is -0.146. The summed E-state index contributed by atoms with van der Waals surface area (Å²) in [5.74, 6) is -0.0436. The lowest BCUT2D eigenvalue weighted by atomic mass is 9.91. The zero-order chi connectivity index (χ0) is 17.8. The minimum atomic E-state index is -0.255. The fourth-order valence-corrected chi connectivity index (χ4v) is 4.64. The molecule has 2 saturated heterocycles. The normalized spacial score (nSPS) is 27.2. The Hall–Kier alpha value is -1.59. The molecule has 3 fully saturated rings. The first-order chi connectivity index (χ1) is 12.1. The third kappa shape index (κ3) is 4.33. The van der Waals surface area contributed by atoms with Crippen LogP contribution >= 0.6 is 0 Å². The zero-order valence-electron chi connectivity index (χ0n) is 15.1. The number of carbonyl (C=O) groups is 3. The molecule has 2 N–H and O–H groups in total. The first-order valence-electron chi connectivity index (χ1n) is 9.94. The molecule has 0 aromatic carbocycles. The van der Waals surface area contributed by atoms with Crippen LogP contribution < -0.4 is 5.73 Å². The van der Waals surface area contributed by atoms with Gasteiger partial charge in [-0.05, 0) is 32.1 Å². The third-order valence-electron chi connectivity index (χ3n) is 6.27. The Bertz CT molecular complexity index is 506. The number of carbonyl (C=O) groups excluding carboxylic acids is 3. The van der Waals surface area contributed by atoms with Gasteiger partial charge in [0.05, 0.1) is 5.92 Å². The Kier molecular flexibility index (Phi) is 5.97. The van der Waals surface area contributed by atoms with Crippen molar-refractivity contribution in [1.29, 1.82) is 0 Å². The number of primary amides is 1. The second kappa shape index (κ2) is 8.19. The molecule has 1 saturated carbocycles. The Labute approximate surface area is 150 Å². The van der Waals surface area contributed by atoms with Gasteiger partial charge >= 0.3 is 0 Å². The van der Waals surface area contributed by atoms with Crippen LogP contribution in [0.3, 0.4) is 0 Å². The van der Waals surface area contributed by atoms with Crippen molar-refractivity contribution in [3.05, 3.63) is 0 Å². The predicted molar refractivity (Wildman–Crippen MR) is 94.4 cm³/mol. The first-order valence-corrected chi connectivity index (χ1v) is 9.94. The molecule has 6 heteroatoms. The van der Waals surface area contributed by atoms with Gasteiger partial charge in [0.25, 0.3) is 0 Å². The van der Waals surface area contributed by atoms with Crippen LogP contribution in [0, 0.1) is 11.8 Å². The monoisotopic (exact) mass is 349 g/mol. The number of amides is 3. The highest BCUT2D eigenvalue weighted by Gasteiger charge is 2.37. The summed E-state index contributed by atoms with van der Waals surface area (Å²) in [4.78, 5) is 40.5. The molecule has 0 aromatic rings. The van der Waals surface area contributed by atoms with Crippen LogP contribution in [0.5, 0.6) is 0 Å². The Morgan fingerprint density at radius 2 is 1.52 bits per heavy atom. The summed E-state index contributed by atoms with van der Waals surface area (Å²) in [6.07, 6.45) is 9.54. The van der Waals surface area contributed by atoms with E-state index in [1.807, 2.05) is 9.80 Å². The average Bonchev–Trinajstić information content (AvgIpc) is 2.91. The van der Waals surface area contributed by atoms with Gasteiger partial charge in [0.15, 0.2) is 0 Å². The van der Waals surface area contributed by atoms with Gasteiger partial charge in [-0.2, -0.15) is 0 Å². The molecule has 0 radical (unpaired) electrons. The van der Waals surface area contributed by atoms with E-state index < -0.39 is 0 Å². The van der Waals surface area contributed by atoms with Crippen LogP contribution in [-0.4, -0.2) is 53.2 Å². The number of piperidine rings is 2. The van der Waals surface area contributed by atoms with Crippen molar-refractivity contribution in [2.75, 3.05) is 19.6 Å². The number of nitrogens with zero attached hydrogens (tertiary/aromatic N) is 2. The molecule has 25 heavy (non-hydrogen) atoms. The summed E-state index contributed by atoms with van der Waals surface area (Å²) < 4.78 is 0. The molecule has 0 spiro atoms. The number of hydrogen-bond donors (Lipinski definition) is 1. The Morgan fingerprint density at radius 1 is 0.880 bits per heavy atom. The molecule has 2 heterocycles. The standard InChI is InChI=1S/C19H31N3O3/c20-18(24)14-9-11-21(12-10-14)19(25)15-7-8-17(23)22(13-15)16-5-3-1-2-4-6-16/h14-16H,1-13H2,(H2,20,24)/t15-/m1/s1. The second-order valence-electron chi connectivity index (χ2n) is 7.93. The molecule has 1 atom stereocenters. The van der Waals surface area contributed by atoms with E-state index in [2.05, 4.69) is 0 Å². The molecule has 0 bridgehead atoms. The van der Waals surface area contributed by atoms with Crippen molar-refractivity contribution >= 4 is 17.7 Å². The van der Waals surface area contributed by atoms with Gasteiger partial charge in [-0.25, -0.2) is 0 Å². The second-order valence-corrected chi connectivity index (χ2v) is 7.93. The van der Waals surface area contributed by atoms with Crippen LogP contribution in [0.1, 0.15) is 64.2 Å². The summed E-state index contributed by atoms with van der Waals surface area (Å²) >= 11 is 0. The minimum Gasteiger partial charge on any atom is -0.369 e. The van der Waals surface area contributed by atoms with E-state index in [-0.39, 0.29) is 29.6 Å². The topological polar surface area (TPSA) is 83.7 Å². The van der Waals surface area contributed by atoms with Crippen molar-refractivity contribution in [2.24, 2.45) is 17.6 Å². The third-order valence-corrected chi connectivity index (χ3v) is 6.27. The van der Waals surface area contributed by atoms with Gasteiger partial charge in [-0.3, -0.25) is 14.4 Å². The van der Waals surface area contributed by atoms with Crippen LogP contribution in [0.2, 0.25) is 0 Å². The van der Waals surface area contributed by atoms with Crippen LogP contribution in [0.15, 0.2) is 0 Å². The van der Waals surface area contributed by atoms with Crippen LogP contribution in [0.4, 0.5) is 0 Å². The molecule has 3 amide bonds. The maximum absolute atomic E-state index is 12.9. The summed E-state index contributed by atoms with van der Waals surface area (Å²) in [6, 6.07) is 0.325. The SMILES string of the molecule is NC(=O)C1CCN(C(=O)[C@@H]2CCC(=O)N(C3CCCCCC3)C2)CC1. The van der Waals surface area contributed by atoms with Crippen molar-refractivity contribution < 1.29 is 14.4 Å². The van der Waals surface area contributed by atoms with Crippen LogP contribution in [0.25, 0.3) is 0 Å². The quantitative estimate of drug-likeness (QED) is 0.787. The van der Waals surface area contributed by atoms with Crippen LogP contribution in [-0.2, 0) is 14.4 Å². The van der Waals surface area contributed by atoms with E-state index in [9.17, 15) is 14.4 Å². The lowest BCUT2D eigenvalue weighted by Crippen LogP contribution is -2.52. The summed E-state index contributed by atoms with van der Waals surface area (Å²) in [5, 5.41) is 0. The number of nitrogens with two attached hydrogens (primary N) is 1. The largest absolute Gasteiger partial charge is 0.369 e. The highest BCUT2D eigenvalue weighted by molar-refractivity contribution is 5.84. The maximum atomic E-state index is 12.9. The molecular formula is C19H31N3O3. The molecule has 3 aliphatic rings. The van der Waals surface area contributed by atoms with Crippen molar-refractivity contribution in [3.63, 3.8) is 0 Å². The molecule has 6 nitrogen and oxygen atoms in total. The van der Waals surface area contributed by atoms with E-state index >= 15 is 0 Å². The first kappa shape index (κ1) is 18.2. The van der Waals surface area contributed by atoms with E-state index in [0.29, 0.717) is 51.4 Å². The maximum Gasteiger partial charge on any atom is 0.227 e. The van der Waals surface area contributed by atoms with E-state index in [4.69, 9.17) is 5.73 Å². The Balaban J connectivity index is 1.58. The minimum absolute atomic E-state index is 0.0777. The Morgan fingerprint density at radius 3 is 2.12 bits per heavy atom. The molecule has 140 valence electrons. The number of rotatable bonds is 3. The number of hydrogen-bond acceptors (Lipinski definition) is 3. The van der Waals surface area contributed by atoms with Gasteiger partial charge in [0.2, 0.25) is 17.7 Å². The van der Waals surface area contributed by atoms with E-state index in [0.717, 1.165) is 12.8 Å². The van der Waals surface area contributed by atoms with E-state index in [1.54, 1.807) is 0 Å². The predicted octanol–water partition coefficient (Wildman–Crippen LogP) is 1.67. The summed E-state index contributed by atoms with van der Waals surface area (Å²) in [7, 11) is 0. The fourth-order valence-electron chi connectivity index (χ4n) is 4.64. The molecule has 2 aliphatic heterocycles. The smallest absolute Gasteiger partial charge is 0.227 e. The van der Waals surface area contributed by atoms with E-state index in [1.165, 1.54) is 25.7 Å². The van der Waals surface area contributed by atoms with Gasteiger partial charge in [-0.15, -0.1) is 0 Å². The highest BCUT2D eigenvalue weighted by atomic mass is 16.2. The summed E-state index contributed by atoms with van der Waals surface area (Å²) in [6.45, 7) is 1.80. The molecular weight excluding hydrogens is 318 g/mol. The van der Waals surface area contributed by atoms with Gasteiger partial charge in [0.1, 0.15) is 0 Å².